The lowest BCUT2D eigenvalue weighted by Crippen LogP contribution is -2.30. The summed E-state index contributed by atoms with van der Waals surface area (Å²) in [6.45, 7) is 3.47. The molecule has 1 aromatic carbocycles. The Hall–Kier alpha value is -1.11. The van der Waals surface area contributed by atoms with Gasteiger partial charge in [-0.3, -0.25) is 4.90 Å². The molecule has 0 unspecified atom stereocenters. The van der Waals surface area contributed by atoms with E-state index in [0.717, 1.165) is 25.7 Å². The fraction of sp³-hybridized carbons (Fsp3) is 0.500. The molecule has 4 nitrogen and oxygen atoms in total. The van der Waals surface area contributed by atoms with Crippen molar-refractivity contribution >= 4 is 12.6 Å². The van der Waals surface area contributed by atoms with Crippen LogP contribution in [0.5, 0.6) is 5.75 Å². The largest absolute Gasteiger partial charge is 0.492 e. The summed E-state index contributed by atoms with van der Waals surface area (Å²) >= 11 is 0. The van der Waals surface area contributed by atoms with Gasteiger partial charge in [-0.25, -0.2) is 4.39 Å². The van der Waals surface area contributed by atoms with E-state index in [1.54, 1.807) is 0 Å². The van der Waals surface area contributed by atoms with Crippen LogP contribution >= 0.6 is 0 Å². The molecular weight excluding hydrogens is 236 g/mol. The van der Waals surface area contributed by atoms with E-state index < -0.39 is 12.9 Å². The summed E-state index contributed by atoms with van der Waals surface area (Å²) < 4.78 is 18.6. The molecule has 6 heteroatoms. The molecule has 0 radical (unpaired) electrons. The van der Waals surface area contributed by atoms with Crippen LogP contribution in [-0.2, 0) is 0 Å². The van der Waals surface area contributed by atoms with Crippen LogP contribution in [-0.4, -0.2) is 48.3 Å². The van der Waals surface area contributed by atoms with Crippen LogP contribution in [0.4, 0.5) is 4.39 Å². The minimum atomic E-state index is -1.68. The highest BCUT2D eigenvalue weighted by Crippen LogP contribution is 2.12. The van der Waals surface area contributed by atoms with Crippen molar-refractivity contribution < 1.29 is 19.2 Å². The smallest absolute Gasteiger partial charge is 0.488 e. The van der Waals surface area contributed by atoms with Crippen molar-refractivity contribution in [2.75, 3.05) is 26.2 Å². The Balaban J connectivity index is 1.88. The maximum Gasteiger partial charge on any atom is 0.488 e. The summed E-state index contributed by atoms with van der Waals surface area (Å²) in [6, 6.07) is 3.77. The molecule has 0 atom stereocenters. The highest BCUT2D eigenvalue weighted by atomic mass is 19.1. The molecule has 0 spiro atoms. The van der Waals surface area contributed by atoms with Crippen molar-refractivity contribution in [1.29, 1.82) is 0 Å². The maximum atomic E-state index is 13.2. The van der Waals surface area contributed by atoms with Gasteiger partial charge in [0.25, 0.3) is 0 Å². The molecule has 0 aliphatic carbocycles. The van der Waals surface area contributed by atoms with Crippen LogP contribution in [0, 0.1) is 5.82 Å². The predicted octanol–water partition coefficient (Wildman–Crippen LogP) is -0.0199. The van der Waals surface area contributed by atoms with Gasteiger partial charge in [-0.05, 0) is 43.5 Å². The first-order valence-electron chi connectivity index (χ1n) is 6.17. The minimum absolute atomic E-state index is 0.103. The topological polar surface area (TPSA) is 52.9 Å². The lowest BCUT2D eigenvalue weighted by atomic mass is 9.80. The predicted molar refractivity (Wildman–Crippen MR) is 67.4 cm³/mol. The van der Waals surface area contributed by atoms with E-state index >= 15 is 0 Å². The van der Waals surface area contributed by atoms with E-state index in [1.807, 2.05) is 0 Å². The van der Waals surface area contributed by atoms with Gasteiger partial charge in [0, 0.05) is 12.6 Å². The average Bonchev–Trinajstić information content (AvgIpc) is 2.81. The van der Waals surface area contributed by atoms with Gasteiger partial charge in [0.2, 0.25) is 0 Å². The van der Waals surface area contributed by atoms with E-state index in [4.69, 9.17) is 14.8 Å². The summed E-state index contributed by atoms with van der Waals surface area (Å²) in [6.07, 6.45) is 2.45. The van der Waals surface area contributed by atoms with Gasteiger partial charge in [-0.2, -0.15) is 0 Å². The first kappa shape index (κ1) is 13.3. The Bertz CT molecular complexity index is 397. The second-order valence-electron chi connectivity index (χ2n) is 4.49. The van der Waals surface area contributed by atoms with E-state index in [0.29, 0.717) is 12.4 Å². The van der Waals surface area contributed by atoms with Crippen LogP contribution in [0.2, 0.25) is 0 Å². The number of likely N-dealkylation sites (tertiary alicyclic amines) is 1. The van der Waals surface area contributed by atoms with Crippen LogP contribution in [0.3, 0.4) is 0 Å². The van der Waals surface area contributed by atoms with Crippen LogP contribution in [0.25, 0.3) is 0 Å². The summed E-state index contributed by atoms with van der Waals surface area (Å²) in [5.74, 6) is -0.200. The summed E-state index contributed by atoms with van der Waals surface area (Å²) in [5.41, 5.74) is 0.103. The molecule has 1 aromatic rings. The Labute approximate surface area is 106 Å². The molecule has 0 aromatic heterocycles. The molecule has 0 saturated carbocycles. The normalized spacial score (nSPS) is 15.9. The van der Waals surface area contributed by atoms with E-state index in [2.05, 4.69) is 4.90 Å². The Morgan fingerprint density at radius 2 is 1.94 bits per heavy atom. The fourth-order valence-corrected chi connectivity index (χ4v) is 2.12. The van der Waals surface area contributed by atoms with Gasteiger partial charge in [0.15, 0.2) is 0 Å². The zero-order valence-electron chi connectivity index (χ0n) is 10.2. The number of hydrogen-bond acceptors (Lipinski definition) is 4. The summed E-state index contributed by atoms with van der Waals surface area (Å²) in [4.78, 5) is 2.29. The molecule has 1 aliphatic rings. The maximum absolute atomic E-state index is 13.2. The highest BCUT2D eigenvalue weighted by Gasteiger charge is 2.14. The van der Waals surface area contributed by atoms with Crippen molar-refractivity contribution in [2.45, 2.75) is 12.8 Å². The molecule has 2 rings (SSSR count). The lowest BCUT2D eigenvalue weighted by Gasteiger charge is -2.15. The second-order valence-corrected chi connectivity index (χ2v) is 4.49. The van der Waals surface area contributed by atoms with Gasteiger partial charge in [0.05, 0.1) is 0 Å². The van der Waals surface area contributed by atoms with Crippen molar-refractivity contribution in [1.82, 2.24) is 4.90 Å². The zero-order chi connectivity index (χ0) is 13.0. The number of benzene rings is 1. The van der Waals surface area contributed by atoms with Crippen LogP contribution in [0.1, 0.15) is 12.8 Å². The van der Waals surface area contributed by atoms with Gasteiger partial charge >= 0.3 is 7.12 Å². The number of halogens is 1. The quantitative estimate of drug-likeness (QED) is 0.724. The van der Waals surface area contributed by atoms with E-state index in [9.17, 15) is 4.39 Å². The number of ether oxygens (including phenoxy) is 1. The first-order valence-corrected chi connectivity index (χ1v) is 6.17. The summed E-state index contributed by atoms with van der Waals surface area (Å²) in [5, 5.41) is 18.0. The van der Waals surface area contributed by atoms with Gasteiger partial charge in [0.1, 0.15) is 18.2 Å². The van der Waals surface area contributed by atoms with Crippen molar-refractivity contribution in [3.8, 4) is 5.75 Å². The zero-order valence-corrected chi connectivity index (χ0v) is 10.2. The third-order valence-electron chi connectivity index (χ3n) is 3.07. The molecule has 2 N–H and O–H groups in total. The molecule has 98 valence electrons. The molecule has 0 amide bonds. The molecule has 1 heterocycles. The SMILES string of the molecule is OB(O)c1cc(F)cc(OCCN2CCCC2)c1. The molecule has 1 fully saturated rings. The first-order chi connectivity index (χ1) is 8.65. The van der Waals surface area contributed by atoms with Gasteiger partial charge in [-0.1, -0.05) is 0 Å². The standard InChI is InChI=1S/C12H17BFNO3/c14-11-7-10(13(16)17)8-12(9-11)18-6-5-15-3-1-2-4-15/h7-9,16-17H,1-6H2. The minimum Gasteiger partial charge on any atom is -0.492 e. The van der Waals surface area contributed by atoms with Gasteiger partial charge in [-0.15, -0.1) is 0 Å². The molecule has 1 aliphatic heterocycles. The molecule has 18 heavy (non-hydrogen) atoms. The number of rotatable bonds is 5. The molecular formula is C12H17BFNO3. The van der Waals surface area contributed by atoms with E-state index in [-0.39, 0.29) is 5.46 Å². The van der Waals surface area contributed by atoms with E-state index in [1.165, 1.54) is 25.0 Å². The lowest BCUT2D eigenvalue weighted by molar-refractivity contribution is 0.237. The number of hydrogen-bond donors (Lipinski definition) is 2. The second kappa shape index (κ2) is 6.18. The molecule has 0 bridgehead atoms. The van der Waals surface area contributed by atoms with Crippen molar-refractivity contribution in [2.24, 2.45) is 0 Å². The highest BCUT2D eigenvalue weighted by molar-refractivity contribution is 6.58. The number of nitrogens with zero attached hydrogens (tertiary/aromatic N) is 1. The Morgan fingerprint density at radius 1 is 1.22 bits per heavy atom. The average molecular weight is 253 g/mol. The van der Waals surface area contributed by atoms with Crippen molar-refractivity contribution in [3.05, 3.63) is 24.0 Å². The fourth-order valence-electron chi connectivity index (χ4n) is 2.12. The van der Waals surface area contributed by atoms with Gasteiger partial charge < -0.3 is 14.8 Å². The van der Waals surface area contributed by atoms with Crippen LogP contribution < -0.4 is 10.2 Å². The van der Waals surface area contributed by atoms with Crippen molar-refractivity contribution in [3.63, 3.8) is 0 Å². The monoisotopic (exact) mass is 253 g/mol. The van der Waals surface area contributed by atoms with Crippen LogP contribution in [0.15, 0.2) is 18.2 Å². The Morgan fingerprint density at radius 3 is 2.61 bits per heavy atom. The third kappa shape index (κ3) is 3.70. The summed E-state index contributed by atoms with van der Waals surface area (Å²) in [7, 11) is -1.68. The molecule has 1 saturated heterocycles. The Kier molecular flexibility index (Phi) is 4.57. The third-order valence-corrected chi connectivity index (χ3v) is 3.07.